The molecule has 0 amide bonds. The predicted octanol–water partition coefficient (Wildman–Crippen LogP) is 19.8. The highest BCUT2D eigenvalue weighted by molar-refractivity contribution is 6.15. The molecule has 0 spiro atoms. The van der Waals surface area contributed by atoms with E-state index in [1.807, 2.05) is 6.08 Å². The van der Waals surface area contributed by atoms with Crippen LogP contribution in [0.1, 0.15) is 23.6 Å². The van der Waals surface area contributed by atoms with Crippen LogP contribution in [0.25, 0.3) is 87.6 Å². The lowest BCUT2D eigenvalue weighted by atomic mass is 9.66. The summed E-state index contributed by atoms with van der Waals surface area (Å²) in [6.07, 6.45) is 8.51. The van der Waals surface area contributed by atoms with Crippen LogP contribution in [0.2, 0.25) is 0 Å². The van der Waals surface area contributed by atoms with Gasteiger partial charge in [-0.2, -0.15) is 0 Å². The number of hydrogen-bond acceptors (Lipinski definition) is 1. The van der Waals surface area contributed by atoms with Crippen molar-refractivity contribution < 1.29 is 0 Å². The van der Waals surface area contributed by atoms with E-state index in [1.165, 1.54) is 104 Å². The van der Waals surface area contributed by atoms with Gasteiger partial charge in [0.1, 0.15) is 0 Å². The van der Waals surface area contributed by atoms with Gasteiger partial charge in [-0.1, -0.05) is 237 Å². The highest BCUT2D eigenvalue weighted by Gasteiger charge is 2.47. The van der Waals surface area contributed by atoms with Crippen LogP contribution in [-0.2, 0) is 5.41 Å². The summed E-state index contributed by atoms with van der Waals surface area (Å²) >= 11 is 0. The molecule has 1 unspecified atom stereocenters. The van der Waals surface area contributed by atoms with Gasteiger partial charge in [-0.15, -0.1) is 0 Å². The van der Waals surface area contributed by atoms with Gasteiger partial charge in [-0.3, -0.25) is 0 Å². The average molecular weight is 930 g/mol. The van der Waals surface area contributed by atoms with Gasteiger partial charge in [0.2, 0.25) is 0 Å². The lowest BCUT2D eigenvalue weighted by Crippen LogP contribution is -2.29. The first-order valence-corrected chi connectivity index (χ1v) is 25.3. The minimum Gasteiger partial charge on any atom is -0.310 e. The van der Waals surface area contributed by atoms with Gasteiger partial charge in [-0.05, 0) is 165 Å². The Labute approximate surface area is 427 Å². The summed E-state index contributed by atoms with van der Waals surface area (Å²) in [6.45, 7) is 6.29. The Morgan fingerprint density at radius 3 is 1.49 bits per heavy atom. The number of anilines is 3. The Hall–Kier alpha value is -9.30. The molecule has 12 aromatic rings. The summed E-state index contributed by atoms with van der Waals surface area (Å²) in [6, 6.07) is 94.0. The normalized spacial score (nSPS) is 14.2. The Balaban J connectivity index is 0.970. The molecule has 0 saturated heterocycles. The first-order valence-electron chi connectivity index (χ1n) is 25.3. The second kappa shape index (κ2) is 18.1. The van der Waals surface area contributed by atoms with Crippen LogP contribution in [0.15, 0.2) is 291 Å². The minimum absolute atomic E-state index is 0.534. The van der Waals surface area contributed by atoms with Crippen LogP contribution in [0.3, 0.4) is 0 Å². The quantitative estimate of drug-likeness (QED) is 0.0976. The van der Waals surface area contributed by atoms with E-state index in [4.69, 9.17) is 0 Å². The predicted molar refractivity (Wildman–Crippen MR) is 312 cm³/mol. The maximum absolute atomic E-state index is 4.19. The summed E-state index contributed by atoms with van der Waals surface area (Å²) in [7, 11) is 0. The number of allylic oxidation sites excluding steroid dienone is 5. The zero-order valence-electron chi connectivity index (χ0n) is 40.7. The largest absolute Gasteiger partial charge is 0.310 e. The standard InChI is InChI=1S/C72H51N/c1-3-20-54(21-4-2)72(55-25-6-5-7-26-55)69-36-17-16-34-66(69)71-61(35-19-37-70(71)72)49-38-42-56(43-39-49)73(57-44-40-50(41-45-57)67-47-52-22-8-10-28-59(52)62-30-12-14-32-64(62)67)58-27-18-24-51(46-58)68-48-53-23-9-11-29-60(53)63-31-13-15-33-65(63)68/h3-48H,1H2,2H3/b21-4-,54-20+. The molecular formula is C72H51N. The molecule has 1 aliphatic rings. The fourth-order valence-corrected chi connectivity index (χ4v) is 12.1. The van der Waals surface area contributed by atoms with Crippen molar-refractivity contribution in [3.05, 3.63) is 308 Å². The number of benzene rings is 12. The van der Waals surface area contributed by atoms with Crippen LogP contribution in [-0.4, -0.2) is 0 Å². The van der Waals surface area contributed by atoms with Crippen molar-refractivity contribution in [3.8, 4) is 44.5 Å². The van der Waals surface area contributed by atoms with E-state index in [-0.39, 0.29) is 0 Å². The fraction of sp³-hybridized carbons (Fsp3) is 0.0278. The monoisotopic (exact) mass is 929 g/mol. The van der Waals surface area contributed by atoms with Gasteiger partial charge in [0.15, 0.2) is 0 Å². The number of hydrogen-bond donors (Lipinski definition) is 0. The molecule has 1 aliphatic carbocycles. The summed E-state index contributed by atoms with van der Waals surface area (Å²) in [4.78, 5) is 2.41. The Morgan fingerprint density at radius 2 is 0.877 bits per heavy atom. The summed E-state index contributed by atoms with van der Waals surface area (Å²) in [5, 5.41) is 10.0. The second-order valence-corrected chi connectivity index (χ2v) is 19.1. The lowest BCUT2D eigenvalue weighted by Gasteiger charge is -2.34. The Kier molecular flexibility index (Phi) is 10.9. The molecule has 73 heavy (non-hydrogen) atoms. The van der Waals surface area contributed by atoms with E-state index >= 15 is 0 Å². The van der Waals surface area contributed by atoms with Crippen molar-refractivity contribution in [1.29, 1.82) is 0 Å². The van der Waals surface area contributed by atoms with Gasteiger partial charge < -0.3 is 4.90 Å². The molecule has 1 heteroatoms. The Bertz CT molecular complexity index is 4160. The van der Waals surface area contributed by atoms with Crippen molar-refractivity contribution in [2.45, 2.75) is 12.3 Å². The van der Waals surface area contributed by atoms with Gasteiger partial charge >= 0.3 is 0 Å². The molecule has 0 N–H and O–H groups in total. The zero-order chi connectivity index (χ0) is 48.9. The third-order valence-corrected chi connectivity index (χ3v) is 15.2. The second-order valence-electron chi connectivity index (χ2n) is 19.1. The molecule has 12 aromatic carbocycles. The molecule has 0 saturated carbocycles. The van der Waals surface area contributed by atoms with Crippen molar-refractivity contribution in [1.82, 2.24) is 0 Å². The zero-order valence-corrected chi connectivity index (χ0v) is 40.7. The molecule has 0 aliphatic heterocycles. The molecule has 0 fully saturated rings. The summed E-state index contributed by atoms with van der Waals surface area (Å²) in [5.74, 6) is 0. The highest BCUT2D eigenvalue weighted by atomic mass is 15.1. The van der Waals surface area contributed by atoms with Crippen LogP contribution in [0, 0.1) is 0 Å². The molecule has 0 heterocycles. The smallest absolute Gasteiger partial charge is 0.0713 e. The minimum atomic E-state index is -0.534. The molecule has 0 aromatic heterocycles. The molecule has 1 atom stereocenters. The first kappa shape index (κ1) is 43.7. The van der Waals surface area contributed by atoms with Gasteiger partial charge in [0.05, 0.1) is 5.41 Å². The first-order chi connectivity index (χ1) is 36.1. The summed E-state index contributed by atoms with van der Waals surface area (Å²) in [5.41, 5.74) is 17.3. The van der Waals surface area contributed by atoms with E-state index in [1.54, 1.807) is 0 Å². The van der Waals surface area contributed by atoms with E-state index in [0.29, 0.717) is 0 Å². The van der Waals surface area contributed by atoms with Crippen molar-refractivity contribution in [3.63, 3.8) is 0 Å². The van der Waals surface area contributed by atoms with E-state index in [2.05, 4.69) is 291 Å². The van der Waals surface area contributed by atoms with E-state index < -0.39 is 5.41 Å². The Morgan fingerprint density at radius 1 is 0.384 bits per heavy atom. The fourth-order valence-electron chi connectivity index (χ4n) is 12.1. The number of fused-ring (bicyclic) bond motifs is 9. The lowest BCUT2D eigenvalue weighted by molar-refractivity contribution is 0.767. The SMILES string of the molecule is C=C/C=C(\C=C/C)C1(c2ccccc2)c2ccccc2-c2c(-c3ccc(N(c4ccc(-c5cc6ccccc6c6ccccc56)cc4)c4cccc(-c5cc6ccccc6c6ccccc56)c4)cc3)cccc21. The molecule has 13 rings (SSSR count). The van der Waals surface area contributed by atoms with Crippen LogP contribution >= 0.6 is 0 Å². The third-order valence-electron chi connectivity index (χ3n) is 15.2. The highest BCUT2D eigenvalue weighted by Crippen LogP contribution is 2.59. The summed E-state index contributed by atoms with van der Waals surface area (Å²) < 4.78 is 0. The van der Waals surface area contributed by atoms with Crippen molar-refractivity contribution in [2.75, 3.05) is 4.90 Å². The number of nitrogens with zero attached hydrogens (tertiary/aromatic N) is 1. The van der Waals surface area contributed by atoms with Gasteiger partial charge in [0, 0.05) is 17.1 Å². The van der Waals surface area contributed by atoms with E-state index in [0.717, 1.165) is 22.6 Å². The van der Waals surface area contributed by atoms with Gasteiger partial charge in [-0.25, -0.2) is 0 Å². The maximum Gasteiger partial charge on any atom is 0.0713 e. The molecule has 0 bridgehead atoms. The van der Waals surface area contributed by atoms with Crippen LogP contribution in [0.5, 0.6) is 0 Å². The van der Waals surface area contributed by atoms with E-state index in [9.17, 15) is 0 Å². The van der Waals surface area contributed by atoms with Crippen LogP contribution in [0.4, 0.5) is 17.1 Å². The molecular weight excluding hydrogens is 879 g/mol. The molecule has 1 nitrogen and oxygen atoms in total. The van der Waals surface area contributed by atoms with Crippen LogP contribution < -0.4 is 4.90 Å². The molecule has 344 valence electrons. The maximum atomic E-state index is 4.19. The third kappa shape index (κ3) is 7.15. The molecule has 0 radical (unpaired) electrons. The number of rotatable bonds is 10. The van der Waals surface area contributed by atoms with Crippen molar-refractivity contribution >= 4 is 60.2 Å². The average Bonchev–Trinajstić information content (AvgIpc) is 3.79. The van der Waals surface area contributed by atoms with Crippen molar-refractivity contribution in [2.24, 2.45) is 0 Å². The van der Waals surface area contributed by atoms with Gasteiger partial charge in [0.25, 0.3) is 0 Å². The topological polar surface area (TPSA) is 3.24 Å².